The summed E-state index contributed by atoms with van der Waals surface area (Å²) in [6.45, 7) is 0.451. The summed E-state index contributed by atoms with van der Waals surface area (Å²) < 4.78 is 0. The maximum atomic E-state index is 12.1. The quantitative estimate of drug-likeness (QED) is 0.792. The van der Waals surface area contributed by atoms with E-state index in [2.05, 4.69) is 0 Å². The number of rotatable bonds is 3. The molecule has 0 fully saturated rings. The number of carbonyl (C=O) groups is 2. The van der Waals surface area contributed by atoms with Gasteiger partial charge in [0, 0.05) is 11.4 Å². The van der Waals surface area contributed by atoms with Gasteiger partial charge in [0.05, 0.1) is 11.1 Å². The van der Waals surface area contributed by atoms with E-state index >= 15 is 0 Å². The third-order valence-electron chi connectivity index (χ3n) is 3.04. The van der Waals surface area contributed by atoms with Crippen molar-refractivity contribution in [3.05, 3.63) is 57.8 Å². The average Bonchev–Trinajstić information content (AvgIpc) is 2.98. The van der Waals surface area contributed by atoms with Gasteiger partial charge in [-0.05, 0) is 30.0 Å². The monoisotopic (exact) mass is 257 g/mol. The Hall–Kier alpha value is -1.94. The highest BCUT2D eigenvalue weighted by atomic mass is 32.1. The maximum absolute atomic E-state index is 12.1. The van der Waals surface area contributed by atoms with Crippen LogP contribution >= 0.6 is 11.3 Å². The summed E-state index contributed by atoms with van der Waals surface area (Å²) in [5.74, 6) is -0.348. The summed E-state index contributed by atoms with van der Waals surface area (Å²) in [6.07, 6.45) is 0.725. The Morgan fingerprint density at radius 3 is 2.17 bits per heavy atom. The Kier molecular flexibility index (Phi) is 2.72. The van der Waals surface area contributed by atoms with E-state index in [0.717, 1.165) is 6.42 Å². The first-order valence-electron chi connectivity index (χ1n) is 5.75. The standard InChI is InChI=1S/C14H11NO2S/c16-13-11-5-1-2-6-12(11)14(17)15(13)8-7-10-4-3-9-18-10/h1-6,9H,7-8H2. The molecule has 2 heterocycles. The molecule has 0 bridgehead atoms. The Morgan fingerprint density at radius 1 is 0.944 bits per heavy atom. The highest BCUT2D eigenvalue weighted by Crippen LogP contribution is 2.23. The van der Waals surface area contributed by atoms with Crippen LogP contribution < -0.4 is 0 Å². The molecule has 3 nitrogen and oxygen atoms in total. The molecular formula is C14H11NO2S. The van der Waals surface area contributed by atoms with Crippen molar-refractivity contribution in [3.8, 4) is 0 Å². The fourth-order valence-electron chi connectivity index (χ4n) is 2.12. The Labute approximate surface area is 109 Å². The van der Waals surface area contributed by atoms with E-state index < -0.39 is 0 Å². The predicted octanol–water partition coefficient (Wildman–Crippen LogP) is 2.59. The van der Waals surface area contributed by atoms with Gasteiger partial charge in [-0.15, -0.1) is 11.3 Å². The van der Waals surface area contributed by atoms with Crippen LogP contribution in [0.15, 0.2) is 41.8 Å². The number of thiophene rings is 1. The number of benzene rings is 1. The number of nitrogens with zero attached hydrogens (tertiary/aromatic N) is 1. The van der Waals surface area contributed by atoms with Crippen molar-refractivity contribution in [1.29, 1.82) is 0 Å². The molecule has 0 radical (unpaired) electrons. The molecule has 1 aromatic carbocycles. The van der Waals surface area contributed by atoms with E-state index in [1.54, 1.807) is 35.6 Å². The number of imide groups is 1. The molecule has 0 saturated heterocycles. The Balaban J connectivity index is 1.80. The molecule has 0 aliphatic carbocycles. The van der Waals surface area contributed by atoms with Crippen LogP contribution in [0.5, 0.6) is 0 Å². The zero-order valence-electron chi connectivity index (χ0n) is 9.63. The fourth-order valence-corrected chi connectivity index (χ4v) is 2.82. The first-order valence-corrected chi connectivity index (χ1v) is 6.63. The summed E-state index contributed by atoms with van der Waals surface area (Å²) in [7, 11) is 0. The average molecular weight is 257 g/mol. The van der Waals surface area contributed by atoms with Crippen LogP contribution in [0.4, 0.5) is 0 Å². The van der Waals surface area contributed by atoms with E-state index in [0.29, 0.717) is 17.7 Å². The van der Waals surface area contributed by atoms with Gasteiger partial charge in [-0.2, -0.15) is 0 Å². The molecule has 1 aliphatic rings. The van der Waals surface area contributed by atoms with Crippen LogP contribution in [0.2, 0.25) is 0 Å². The zero-order chi connectivity index (χ0) is 12.5. The van der Waals surface area contributed by atoms with Crippen LogP contribution in [-0.4, -0.2) is 23.3 Å². The second kappa shape index (κ2) is 4.38. The molecular weight excluding hydrogens is 246 g/mol. The smallest absolute Gasteiger partial charge is 0.261 e. The topological polar surface area (TPSA) is 37.4 Å². The van der Waals surface area contributed by atoms with Crippen LogP contribution in [-0.2, 0) is 6.42 Å². The molecule has 0 unspecified atom stereocenters. The summed E-state index contributed by atoms with van der Waals surface area (Å²) >= 11 is 1.64. The molecule has 1 aliphatic heterocycles. The highest BCUT2D eigenvalue weighted by Gasteiger charge is 2.34. The Morgan fingerprint density at radius 2 is 1.61 bits per heavy atom. The van der Waals surface area contributed by atoms with Gasteiger partial charge in [-0.3, -0.25) is 14.5 Å². The predicted molar refractivity (Wildman–Crippen MR) is 69.8 cm³/mol. The van der Waals surface area contributed by atoms with Crippen LogP contribution in [0.25, 0.3) is 0 Å². The van der Waals surface area contributed by atoms with Gasteiger partial charge in [0.2, 0.25) is 0 Å². The van der Waals surface area contributed by atoms with Gasteiger partial charge < -0.3 is 0 Å². The molecule has 4 heteroatoms. The normalized spacial score (nSPS) is 14.1. The van der Waals surface area contributed by atoms with Crippen molar-refractivity contribution in [3.63, 3.8) is 0 Å². The number of carbonyl (C=O) groups excluding carboxylic acids is 2. The maximum Gasteiger partial charge on any atom is 0.261 e. The molecule has 2 aromatic rings. The minimum Gasteiger partial charge on any atom is -0.274 e. The number of hydrogen-bond acceptors (Lipinski definition) is 3. The van der Waals surface area contributed by atoms with Gasteiger partial charge in [-0.1, -0.05) is 18.2 Å². The van der Waals surface area contributed by atoms with Crippen molar-refractivity contribution in [2.45, 2.75) is 6.42 Å². The molecule has 0 spiro atoms. The van der Waals surface area contributed by atoms with Crippen LogP contribution in [0, 0.1) is 0 Å². The summed E-state index contributed by atoms with van der Waals surface area (Å²) in [5, 5.41) is 2.00. The zero-order valence-corrected chi connectivity index (χ0v) is 10.4. The van der Waals surface area contributed by atoms with E-state index in [1.807, 2.05) is 17.5 Å². The van der Waals surface area contributed by atoms with Crippen molar-refractivity contribution in [2.75, 3.05) is 6.54 Å². The second-order valence-electron chi connectivity index (χ2n) is 4.14. The molecule has 3 rings (SSSR count). The molecule has 2 amide bonds. The SMILES string of the molecule is O=C1c2ccccc2C(=O)N1CCc1cccs1. The van der Waals surface area contributed by atoms with Gasteiger partial charge in [-0.25, -0.2) is 0 Å². The minimum absolute atomic E-state index is 0.174. The third kappa shape index (κ3) is 1.75. The lowest BCUT2D eigenvalue weighted by molar-refractivity contribution is 0.0656. The number of amides is 2. The van der Waals surface area contributed by atoms with Crippen molar-refractivity contribution >= 4 is 23.2 Å². The molecule has 18 heavy (non-hydrogen) atoms. The molecule has 1 aromatic heterocycles. The van der Waals surface area contributed by atoms with Crippen molar-refractivity contribution in [2.24, 2.45) is 0 Å². The first-order chi connectivity index (χ1) is 8.77. The van der Waals surface area contributed by atoms with Crippen LogP contribution in [0.3, 0.4) is 0 Å². The lowest BCUT2D eigenvalue weighted by atomic mass is 10.1. The van der Waals surface area contributed by atoms with Gasteiger partial charge in [0.1, 0.15) is 0 Å². The highest BCUT2D eigenvalue weighted by molar-refractivity contribution is 7.09. The largest absolute Gasteiger partial charge is 0.274 e. The van der Waals surface area contributed by atoms with E-state index in [1.165, 1.54) is 9.78 Å². The summed E-state index contributed by atoms with van der Waals surface area (Å²) in [5.41, 5.74) is 1.04. The third-order valence-corrected chi connectivity index (χ3v) is 3.98. The van der Waals surface area contributed by atoms with Crippen molar-refractivity contribution in [1.82, 2.24) is 4.90 Å². The van der Waals surface area contributed by atoms with E-state index in [9.17, 15) is 9.59 Å². The number of hydrogen-bond donors (Lipinski definition) is 0. The second-order valence-corrected chi connectivity index (χ2v) is 5.17. The van der Waals surface area contributed by atoms with Crippen molar-refractivity contribution < 1.29 is 9.59 Å². The molecule has 0 atom stereocenters. The van der Waals surface area contributed by atoms with E-state index in [4.69, 9.17) is 0 Å². The number of fused-ring (bicyclic) bond motifs is 1. The molecule has 0 saturated carbocycles. The van der Waals surface area contributed by atoms with E-state index in [-0.39, 0.29) is 11.8 Å². The lowest BCUT2D eigenvalue weighted by Crippen LogP contribution is -2.31. The van der Waals surface area contributed by atoms with Gasteiger partial charge in [0.25, 0.3) is 11.8 Å². The molecule has 90 valence electrons. The Bertz CT molecular complexity index is 569. The van der Waals surface area contributed by atoms with Gasteiger partial charge in [0.15, 0.2) is 0 Å². The van der Waals surface area contributed by atoms with Crippen LogP contribution in [0.1, 0.15) is 25.6 Å². The molecule has 0 N–H and O–H groups in total. The minimum atomic E-state index is -0.174. The lowest BCUT2D eigenvalue weighted by Gasteiger charge is -2.12. The summed E-state index contributed by atoms with van der Waals surface area (Å²) in [4.78, 5) is 26.7. The fraction of sp³-hybridized carbons (Fsp3) is 0.143. The van der Waals surface area contributed by atoms with Gasteiger partial charge >= 0.3 is 0 Å². The first kappa shape index (κ1) is 11.2. The summed E-state index contributed by atoms with van der Waals surface area (Å²) in [6, 6.07) is 11.0.